The highest BCUT2D eigenvalue weighted by molar-refractivity contribution is 6.31. The third-order valence-corrected chi connectivity index (χ3v) is 4.92. The molecule has 5 nitrogen and oxygen atoms in total. The number of aromatic nitrogens is 1. The summed E-state index contributed by atoms with van der Waals surface area (Å²) in [5.41, 5.74) is 4.01. The zero-order valence-electron chi connectivity index (χ0n) is 15.7. The van der Waals surface area contributed by atoms with Gasteiger partial charge in [0.05, 0.1) is 36.4 Å². The van der Waals surface area contributed by atoms with E-state index in [1.807, 2.05) is 42.5 Å². The number of nitrogens with zero attached hydrogens (tertiary/aromatic N) is 1. The van der Waals surface area contributed by atoms with Crippen molar-refractivity contribution in [2.45, 2.75) is 13.0 Å². The van der Waals surface area contributed by atoms with Crippen LogP contribution >= 0.6 is 11.6 Å². The minimum absolute atomic E-state index is 0.683. The van der Waals surface area contributed by atoms with Gasteiger partial charge in [-0.05, 0) is 55.4 Å². The maximum absolute atomic E-state index is 6.18. The molecule has 0 atom stereocenters. The van der Waals surface area contributed by atoms with E-state index in [2.05, 4.69) is 10.6 Å². The van der Waals surface area contributed by atoms with Crippen LogP contribution in [0, 0.1) is 0 Å². The first-order chi connectivity index (χ1) is 13.7. The van der Waals surface area contributed by atoms with Crippen LogP contribution in [0.25, 0.3) is 21.8 Å². The van der Waals surface area contributed by atoms with Crippen LogP contribution in [0.5, 0.6) is 5.75 Å². The van der Waals surface area contributed by atoms with E-state index in [1.165, 1.54) is 0 Å². The number of anilines is 1. The number of fused-ring (bicyclic) bond motifs is 2. The van der Waals surface area contributed by atoms with Crippen molar-refractivity contribution in [3.63, 3.8) is 0 Å². The Labute approximate surface area is 168 Å². The lowest BCUT2D eigenvalue weighted by Gasteiger charge is -2.14. The first-order valence-corrected chi connectivity index (χ1v) is 9.65. The minimum Gasteiger partial charge on any atom is -0.497 e. The number of rotatable bonds is 8. The first-order valence-electron chi connectivity index (χ1n) is 9.27. The number of benzene rings is 2. The van der Waals surface area contributed by atoms with Gasteiger partial charge >= 0.3 is 0 Å². The van der Waals surface area contributed by atoms with E-state index < -0.39 is 0 Å². The molecule has 0 unspecified atom stereocenters. The van der Waals surface area contributed by atoms with Gasteiger partial charge in [0.2, 0.25) is 0 Å². The molecule has 2 aromatic heterocycles. The molecule has 6 heteroatoms. The Morgan fingerprint density at radius 3 is 2.79 bits per heavy atom. The number of ether oxygens (including phenoxy) is 1. The second kappa shape index (κ2) is 8.50. The Kier molecular flexibility index (Phi) is 5.65. The van der Waals surface area contributed by atoms with Crippen LogP contribution < -0.4 is 15.4 Å². The van der Waals surface area contributed by atoms with Gasteiger partial charge in [-0.25, -0.2) is 4.98 Å². The molecule has 144 valence electrons. The fourth-order valence-electron chi connectivity index (χ4n) is 3.27. The number of nitrogens with one attached hydrogen (secondary N) is 2. The lowest BCUT2D eigenvalue weighted by Crippen LogP contribution is -2.17. The summed E-state index contributed by atoms with van der Waals surface area (Å²) >= 11 is 6.18. The summed E-state index contributed by atoms with van der Waals surface area (Å²) < 4.78 is 10.5. The molecule has 2 N–H and O–H groups in total. The summed E-state index contributed by atoms with van der Waals surface area (Å²) in [6.45, 7) is 2.56. The Balaban J connectivity index is 1.52. The van der Waals surface area contributed by atoms with Crippen molar-refractivity contribution in [1.29, 1.82) is 0 Å². The molecule has 2 heterocycles. The summed E-state index contributed by atoms with van der Waals surface area (Å²) in [4.78, 5) is 4.76. The molecule has 0 fully saturated rings. The topological polar surface area (TPSA) is 59.3 Å². The molecule has 0 aliphatic heterocycles. The molecule has 28 heavy (non-hydrogen) atoms. The van der Waals surface area contributed by atoms with Crippen molar-refractivity contribution in [3.05, 3.63) is 65.6 Å². The van der Waals surface area contributed by atoms with Crippen LogP contribution in [-0.4, -0.2) is 25.2 Å². The van der Waals surface area contributed by atoms with Gasteiger partial charge in [0, 0.05) is 34.4 Å². The highest BCUT2D eigenvalue weighted by atomic mass is 35.5. The smallest absolute Gasteiger partial charge is 0.119 e. The molecule has 0 saturated heterocycles. The van der Waals surface area contributed by atoms with Gasteiger partial charge in [-0.1, -0.05) is 11.6 Å². The fraction of sp³-hybridized carbons (Fsp3) is 0.227. The Bertz CT molecular complexity index is 1080. The van der Waals surface area contributed by atoms with E-state index >= 15 is 0 Å². The van der Waals surface area contributed by atoms with E-state index in [4.69, 9.17) is 25.7 Å². The fourth-order valence-corrected chi connectivity index (χ4v) is 3.43. The third kappa shape index (κ3) is 4.06. The van der Waals surface area contributed by atoms with Crippen molar-refractivity contribution in [2.24, 2.45) is 0 Å². The summed E-state index contributed by atoms with van der Waals surface area (Å²) in [6.07, 6.45) is 4.44. The van der Waals surface area contributed by atoms with E-state index in [9.17, 15) is 0 Å². The van der Waals surface area contributed by atoms with Crippen LogP contribution in [0.3, 0.4) is 0 Å². The van der Waals surface area contributed by atoms with Gasteiger partial charge in [0.25, 0.3) is 0 Å². The second-order valence-electron chi connectivity index (χ2n) is 6.62. The van der Waals surface area contributed by atoms with Gasteiger partial charge < -0.3 is 19.8 Å². The van der Waals surface area contributed by atoms with E-state index in [0.717, 1.165) is 64.9 Å². The molecule has 0 radical (unpaired) electrons. The molecule has 0 spiro atoms. The van der Waals surface area contributed by atoms with E-state index in [-0.39, 0.29) is 0 Å². The van der Waals surface area contributed by atoms with E-state index in [0.29, 0.717) is 5.02 Å². The summed E-state index contributed by atoms with van der Waals surface area (Å²) in [5, 5.41) is 9.80. The number of hydrogen-bond donors (Lipinski definition) is 2. The number of furan rings is 1. The van der Waals surface area contributed by atoms with Crippen molar-refractivity contribution in [3.8, 4) is 5.75 Å². The van der Waals surface area contributed by atoms with Crippen LogP contribution in [0.4, 0.5) is 5.69 Å². The average molecular weight is 396 g/mol. The van der Waals surface area contributed by atoms with Gasteiger partial charge in [-0.15, -0.1) is 0 Å². The maximum atomic E-state index is 6.18. The molecule has 2 aromatic carbocycles. The van der Waals surface area contributed by atoms with Crippen molar-refractivity contribution in [2.75, 3.05) is 25.5 Å². The molecule has 4 rings (SSSR count). The van der Waals surface area contributed by atoms with Gasteiger partial charge in [0.15, 0.2) is 0 Å². The molecular weight excluding hydrogens is 374 g/mol. The van der Waals surface area contributed by atoms with Crippen LogP contribution in [0.2, 0.25) is 5.02 Å². The average Bonchev–Trinajstić information content (AvgIpc) is 3.22. The number of halogens is 1. The zero-order valence-corrected chi connectivity index (χ0v) is 16.4. The van der Waals surface area contributed by atoms with Gasteiger partial charge in [0.1, 0.15) is 5.75 Å². The number of hydrogen-bond acceptors (Lipinski definition) is 5. The normalized spacial score (nSPS) is 11.2. The third-order valence-electron chi connectivity index (χ3n) is 4.68. The predicted octanol–water partition coefficient (Wildman–Crippen LogP) is 5.23. The predicted molar refractivity (Wildman–Crippen MR) is 114 cm³/mol. The largest absolute Gasteiger partial charge is 0.497 e. The van der Waals surface area contributed by atoms with Crippen molar-refractivity contribution < 1.29 is 9.15 Å². The second-order valence-corrected chi connectivity index (χ2v) is 7.06. The highest BCUT2D eigenvalue weighted by Crippen LogP contribution is 2.34. The molecular formula is C22H22ClN3O2. The molecule has 0 bridgehead atoms. The quantitative estimate of drug-likeness (QED) is 0.316. The van der Waals surface area contributed by atoms with Crippen molar-refractivity contribution in [1.82, 2.24) is 10.3 Å². The molecule has 0 saturated carbocycles. The van der Waals surface area contributed by atoms with Gasteiger partial charge in [-0.3, -0.25) is 0 Å². The van der Waals surface area contributed by atoms with E-state index in [1.54, 1.807) is 19.6 Å². The molecule has 4 aromatic rings. The highest BCUT2D eigenvalue weighted by Gasteiger charge is 2.10. The molecule has 0 amide bonds. The summed E-state index contributed by atoms with van der Waals surface area (Å²) in [6, 6.07) is 13.7. The Hall–Kier alpha value is -2.76. The first kappa shape index (κ1) is 18.6. The lowest BCUT2D eigenvalue weighted by molar-refractivity contribution is 0.415. The monoisotopic (exact) mass is 395 g/mol. The number of pyridine rings is 1. The zero-order chi connectivity index (χ0) is 19.3. The maximum Gasteiger partial charge on any atom is 0.119 e. The molecule has 0 aliphatic rings. The van der Waals surface area contributed by atoms with Crippen LogP contribution in [-0.2, 0) is 6.54 Å². The van der Waals surface area contributed by atoms with Crippen molar-refractivity contribution >= 4 is 39.1 Å². The Morgan fingerprint density at radius 2 is 1.96 bits per heavy atom. The summed E-state index contributed by atoms with van der Waals surface area (Å²) in [7, 11) is 1.67. The van der Waals surface area contributed by atoms with Crippen LogP contribution in [0.1, 0.15) is 12.0 Å². The van der Waals surface area contributed by atoms with Gasteiger partial charge in [-0.2, -0.15) is 0 Å². The molecule has 0 aliphatic carbocycles. The SMILES string of the molecule is COc1ccc2nc3cc(Cl)ccc3c(NCCCNCc3ccoc3)c2c1. The van der Waals surface area contributed by atoms with Crippen LogP contribution in [0.15, 0.2) is 59.4 Å². The number of methoxy groups -OCH3 is 1. The standard InChI is InChI=1S/C22H22ClN3O2/c1-27-17-4-6-20-19(12-17)22(18-5-3-16(23)11-21(18)26-20)25-9-2-8-24-13-15-7-10-28-14-15/h3-7,10-12,14,24H,2,8-9,13H2,1H3,(H,25,26). The Morgan fingerprint density at radius 1 is 1.04 bits per heavy atom. The lowest BCUT2D eigenvalue weighted by atomic mass is 10.1. The minimum atomic E-state index is 0.683. The summed E-state index contributed by atoms with van der Waals surface area (Å²) in [5.74, 6) is 0.812.